The molecule has 1 heterocycles. The van der Waals surface area contributed by atoms with Crippen LogP contribution in [0, 0.1) is 5.82 Å². The number of allylic oxidation sites excluding steroid dienone is 1. The average molecular weight is 220 g/mol. The summed E-state index contributed by atoms with van der Waals surface area (Å²) < 4.78 is 13.4. The summed E-state index contributed by atoms with van der Waals surface area (Å²) in [6.07, 6.45) is 10.6. The summed E-state index contributed by atoms with van der Waals surface area (Å²) in [5.41, 5.74) is 7.96. The monoisotopic (exact) mass is 220 g/mol. The molecule has 0 saturated carbocycles. The smallest absolute Gasteiger partial charge is 0.146 e. The van der Waals surface area contributed by atoms with Gasteiger partial charge in [-0.05, 0) is 38.2 Å². The Balaban J connectivity index is 2.05. The van der Waals surface area contributed by atoms with Gasteiger partial charge in [0.05, 0.1) is 6.20 Å². The summed E-state index contributed by atoms with van der Waals surface area (Å²) in [7, 11) is 0. The van der Waals surface area contributed by atoms with Crippen molar-refractivity contribution in [2.45, 2.75) is 38.1 Å². The second-order valence-electron chi connectivity index (χ2n) is 4.32. The Morgan fingerprint density at radius 2 is 2.31 bits per heavy atom. The van der Waals surface area contributed by atoms with E-state index in [0.29, 0.717) is 5.56 Å². The van der Waals surface area contributed by atoms with Crippen LogP contribution in [0.4, 0.5) is 4.39 Å². The van der Waals surface area contributed by atoms with Crippen molar-refractivity contribution in [3.63, 3.8) is 0 Å². The Morgan fingerprint density at radius 1 is 1.44 bits per heavy atom. The summed E-state index contributed by atoms with van der Waals surface area (Å²) in [4.78, 5) is 3.73. The predicted octanol–water partition coefficient (Wildman–Crippen LogP) is 3.11. The SMILES string of the molecule is NC(CC1=CCCCC1)c1ccncc1F. The molecule has 0 bridgehead atoms. The highest BCUT2D eigenvalue weighted by atomic mass is 19.1. The molecule has 16 heavy (non-hydrogen) atoms. The van der Waals surface area contributed by atoms with E-state index in [4.69, 9.17) is 5.73 Å². The number of hydrogen-bond donors (Lipinski definition) is 1. The number of halogens is 1. The van der Waals surface area contributed by atoms with Crippen molar-refractivity contribution in [3.05, 3.63) is 41.5 Å². The second kappa shape index (κ2) is 5.21. The van der Waals surface area contributed by atoms with Gasteiger partial charge in [-0.2, -0.15) is 0 Å². The van der Waals surface area contributed by atoms with Gasteiger partial charge in [-0.25, -0.2) is 4.39 Å². The Hall–Kier alpha value is -1.22. The van der Waals surface area contributed by atoms with E-state index in [2.05, 4.69) is 11.1 Å². The minimum absolute atomic E-state index is 0.243. The number of nitrogens with zero attached hydrogens (tertiary/aromatic N) is 1. The summed E-state index contributed by atoms with van der Waals surface area (Å²) in [6, 6.07) is 1.43. The molecule has 0 radical (unpaired) electrons. The van der Waals surface area contributed by atoms with Gasteiger partial charge in [0.15, 0.2) is 0 Å². The maximum absolute atomic E-state index is 13.4. The molecule has 1 aromatic rings. The molecular formula is C13H17FN2. The molecule has 0 aromatic carbocycles. The molecule has 3 heteroatoms. The fraction of sp³-hybridized carbons (Fsp3) is 0.462. The summed E-state index contributed by atoms with van der Waals surface area (Å²) >= 11 is 0. The van der Waals surface area contributed by atoms with Crippen molar-refractivity contribution in [2.24, 2.45) is 5.73 Å². The lowest BCUT2D eigenvalue weighted by molar-refractivity contribution is 0.563. The highest BCUT2D eigenvalue weighted by Gasteiger charge is 2.14. The van der Waals surface area contributed by atoms with Crippen LogP contribution in [0.3, 0.4) is 0 Å². The lowest BCUT2D eigenvalue weighted by atomic mass is 9.92. The highest BCUT2D eigenvalue weighted by molar-refractivity contribution is 5.20. The van der Waals surface area contributed by atoms with Gasteiger partial charge in [-0.1, -0.05) is 11.6 Å². The van der Waals surface area contributed by atoms with Gasteiger partial charge in [-0.3, -0.25) is 4.98 Å². The van der Waals surface area contributed by atoms with Gasteiger partial charge >= 0.3 is 0 Å². The zero-order valence-electron chi connectivity index (χ0n) is 9.32. The van der Waals surface area contributed by atoms with E-state index >= 15 is 0 Å². The van der Waals surface area contributed by atoms with E-state index in [1.807, 2.05) is 0 Å². The number of hydrogen-bond acceptors (Lipinski definition) is 2. The van der Waals surface area contributed by atoms with Crippen molar-refractivity contribution in [1.82, 2.24) is 4.98 Å². The molecule has 2 N–H and O–H groups in total. The van der Waals surface area contributed by atoms with Crippen LogP contribution >= 0.6 is 0 Å². The maximum atomic E-state index is 13.4. The summed E-state index contributed by atoms with van der Waals surface area (Å²) in [5.74, 6) is -0.300. The minimum atomic E-state index is -0.300. The fourth-order valence-corrected chi connectivity index (χ4v) is 2.17. The van der Waals surface area contributed by atoms with Crippen LogP contribution in [-0.4, -0.2) is 4.98 Å². The van der Waals surface area contributed by atoms with E-state index in [-0.39, 0.29) is 11.9 Å². The van der Waals surface area contributed by atoms with E-state index in [1.54, 1.807) is 12.3 Å². The minimum Gasteiger partial charge on any atom is -0.324 e. The zero-order chi connectivity index (χ0) is 11.4. The molecule has 1 aromatic heterocycles. The van der Waals surface area contributed by atoms with Crippen LogP contribution < -0.4 is 5.73 Å². The van der Waals surface area contributed by atoms with E-state index in [0.717, 1.165) is 19.3 Å². The van der Waals surface area contributed by atoms with Crippen molar-refractivity contribution in [2.75, 3.05) is 0 Å². The van der Waals surface area contributed by atoms with Crippen LogP contribution in [0.15, 0.2) is 30.1 Å². The molecule has 1 aliphatic rings. The van der Waals surface area contributed by atoms with Crippen LogP contribution in [0.2, 0.25) is 0 Å². The lowest BCUT2D eigenvalue weighted by Gasteiger charge is -2.17. The molecule has 2 nitrogen and oxygen atoms in total. The van der Waals surface area contributed by atoms with Gasteiger partial charge in [0.1, 0.15) is 5.82 Å². The number of rotatable bonds is 3. The van der Waals surface area contributed by atoms with Crippen LogP contribution in [0.25, 0.3) is 0 Å². The van der Waals surface area contributed by atoms with Crippen molar-refractivity contribution in [3.8, 4) is 0 Å². The van der Waals surface area contributed by atoms with Crippen molar-refractivity contribution in [1.29, 1.82) is 0 Å². The zero-order valence-corrected chi connectivity index (χ0v) is 9.32. The van der Waals surface area contributed by atoms with E-state index < -0.39 is 0 Å². The Labute approximate surface area is 95.4 Å². The Kier molecular flexibility index (Phi) is 3.67. The molecule has 1 aliphatic carbocycles. The topological polar surface area (TPSA) is 38.9 Å². The molecule has 0 amide bonds. The van der Waals surface area contributed by atoms with Gasteiger partial charge in [0.25, 0.3) is 0 Å². The van der Waals surface area contributed by atoms with Crippen LogP contribution in [0.5, 0.6) is 0 Å². The third kappa shape index (κ3) is 2.67. The Morgan fingerprint density at radius 3 is 3.00 bits per heavy atom. The first-order valence-electron chi connectivity index (χ1n) is 5.80. The average Bonchev–Trinajstić information content (AvgIpc) is 2.31. The first-order valence-corrected chi connectivity index (χ1v) is 5.80. The molecule has 86 valence electrons. The first kappa shape index (κ1) is 11.3. The van der Waals surface area contributed by atoms with Crippen LogP contribution in [0.1, 0.15) is 43.7 Å². The van der Waals surface area contributed by atoms with Gasteiger partial charge in [-0.15, -0.1) is 0 Å². The Bertz CT molecular complexity index is 387. The predicted molar refractivity (Wildman–Crippen MR) is 62.3 cm³/mol. The summed E-state index contributed by atoms with van der Waals surface area (Å²) in [6.45, 7) is 0. The molecule has 0 fully saturated rings. The van der Waals surface area contributed by atoms with Crippen LogP contribution in [-0.2, 0) is 0 Å². The third-order valence-electron chi connectivity index (χ3n) is 3.07. The lowest BCUT2D eigenvalue weighted by Crippen LogP contribution is -2.13. The number of pyridine rings is 1. The molecule has 0 spiro atoms. The standard InChI is InChI=1S/C13H17FN2/c14-12-9-16-7-6-11(12)13(15)8-10-4-2-1-3-5-10/h4,6-7,9,13H,1-3,5,8,15H2. The van der Waals surface area contributed by atoms with Gasteiger partial charge in [0.2, 0.25) is 0 Å². The normalized spacial score (nSPS) is 18.0. The van der Waals surface area contributed by atoms with E-state index in [9.17, 15) is 4.39 Å². The molecule has 0 aliphatic heterocycles. The number of aromatic nitrogens is 1. The second-order valence-corrected chi connectivity index (χ2v) is 4.32. The molecule has 2 rings (SSSR count). The molecule has 1 unspecified atom stereocenters. The highest BCUT2D eigenvalue weighted by Crippen LogP contribution is 2.26. The van der Waals surface area contributed by atoms with Gasteiger partial charge < -0.3 is 5.73 Å². The van der Waals surface area contributed by atoms with Crippen molar-refractivity contribution >= 4 is 0 Å². The van der Waals surface area contributed by atoms with E-state index in [1.165, 1.54) is 24.6 Å². The maximum Gasteiger partial charge on any atom is 0.146 e. The first-order chi connectivity index (χ1) is 7.77. The largest absolute Gasteiger partial charge is 0.324 e. The number of nitrogens with two attached hydrogens (primary N) is 1. The van der Waals surface area contributed by atoms with Gasteiger partial charge in [0, 0.05) is 17.8 Å². The molecule has 0 saturated heterocycles. The molecule has 1 atom stereocenters. The molecular weight excluding hydrogens is 203 g/mol. The summed E-state index contributed by atoms with van der Waals surface area (Å²) in [5, 5.41) is 0. The quantitative estimate of drug-likeness (QED) is 0.795. The van der Waals surface area contributed by atoms with Crippen molar-refractivity contribution < 1.29 is 4.39 Å². The third-order valence-corrected chi connectivity index (χ3v) is 3.07. The fourth-order valence-electron chi connectivity index (χ4n) is 2.17.